The molecule has 0 spiro atoms. The van der Waals surface area contributed by atoms with E-state index in [1.54, 1.807) is 6.92 Å². The molecule has 1 rings (SSSR count). The fourth-order valence-corrected chi connectivity index (χ4v) is 1.65. The molecule has 1 heterocycles. The third kappa shape index (κ3) is 3.41. The standard InChI is InChI=1S/C11H18N2O3/c1-2-8(7-12)10(14)16-11(15)9-5-3-4-6-13-9/h7-9,12-13H,2-6H2,1H3. The fourth-order valence-electron chi connectivity index (χ4n) is 1.65. The fraction of sp³-hybridized carbons (Fsp3) is 0.727. The molecule has 2 unspecified atom stereocenters. The van der Waals surface area contributed by atoms with E-state index in [0.717, 1.165) is 25.6 Å². The monoisotopic (exact) mass is 226 g/mol. The van der Waals surface area contributed by atoms with Crippen LogP contribution < -0.4 is 5.32 Å². The van der Waals surface area contributed by atoms with Crippen molar-refractivity contribution in [2.75, 3.05) is 6.54 Å². The van der Waals surface area contributed by atoms with Gasteiger partial charge in [-0.2, -0.15) is 0 Å². The molecule has 1 aliphatic heterocycles. The highest BCUT2D eigenvalue weighted by molar-refractivity contribution is 5.96. The molecule has 5 heteroatoms. The smallest absolute Gasteiger partial charge is 0.330 e. The summed E-state index contributed by atoms with van der Waals surface area (Å²) in [7, 11) is 0. The van der Waals surface area contributed by atoms with E-state index in [1.807, 2.05) is 0 Å². The first kappa shape index (κ1) is 12.8. The zero-order valence-electron chi connectivity index (χ0n) is 9.49. The summed E-state index contributed by atoms with van der Waals surface area (Å²) in [5.74, 6) is -1.73. The average Bonchev–Trinajstić information content (AvgIpc) is 2.31. The molecule has 90 valence electrons. The van der Waals surface area contributed by atoms with Crippen molar-refractivity contribution in [1.82, 2.24) is 5.32 Å². The highest BCUT2D eigenvalue weighted by atomic mass is 16.6. The van der Waals surface area contributed by atoms with Gasteiger partial charge < -0.3 is 15.5 Å². The topological polar surface area (TPSA) is 79.2 Å². The molecule has 0 bridgehead atoms. The lowest BCUT2D eigenvalue weighted by molar-refractivity contribution is -0.163. The summed E-state index contributed by atoms with van der Waals surface area (Å²) in [6, 6.07) is -0.360. The van der Waals surface area contributed by atoms with Crippen LogP contribution in [0.25, 0.3) is 0 Å². The number of rotatable bonds is 4. The van der Waals surface area contributed by atoms with Gasteiger partial charge in [-0.25, -0.2) is 4.79 Å². The van der Waals surface area contributed by atoms with Crippen molar-refractivity contribution in [2.45, 2.75) is 38.6 Å². The molecule has 1 aliphatic rings. The van der Waals surface area contributed by atoms with Gasteiger partial charge in [0.2, 0.25) is 0 Å². The number of hydrogen-bond donors (Lipinski definition) is 2. The SMILES string of the molecule is CCC(C=N)C(=O)OC(=O)C1CCCCN1. The molecule has 0 aromatic carbocycles. The number of carbonyl (C=O) groups excluding carboxylic acids is 2. The molecule has 0 aromatic rings. The molecule has 0 radical (unpaired) electrons. The summed E-state index contributed by atoms with van der Waals surface area (Å²) in [5, 5.41) is 10.0. The Balaban J connectivity index is 2.43. The van der Waals surface area contributed by atoms with E-state index in [1.165, 1.54) is 0 Å². The largest absolute Gasteiger partial charge is 0.391 e. The van der Waals surface area contributed by atoms with Crippen LogP contribution in [0.3, 0.4) is 0 Å². The Kier molecular flexibility index (Phi) is 5.11. The van der Waals surface area contributed by atoms with E-state index in [2.05, 4.69) is 5.32 Å². The minimum atomic E-state index is -0.616. The lowest BCUT2D eigenvalue weighted by atomic mass is 10.1. The van der Waals surface area contributed by atoms with E-state index in [4.69, 9.17) is 10.1 Å². The number of esters is 2. The summed E-state index contributed by atoms with van der Waals surface area (Å²) >= 11 is 0. The molecule has 0 saturated carbocycles. The van der Waals surface area contributed by atoms with Crippen LogP contribution in [-0.4, -0.2) is 30.7 Å². The number of ether oxygens (including phenoxy) is 1. The van der Waals surface area contributed by atoms with E-state index >= 15 is 0 Å². The van der Waals surface area contributed by atoms with Crippen LogP contribution in [0, 0.1) is 11.3 Å². The minimum absolute atomic E-state index is 0.360. The van der Waals surface area contributed by atoms with Crippen molar-refractivity contribution in [3.8, 4) is 0 Å². The van der Waals surface area contributed by atoms with Gasteiger partial charge in [-0.3, -0.25) is 4.79 Å². The lowest BCUT2D eigenvalue weighted by Crippen LogP contribution is -2.42. The van der Waals surface area contributed by atoms with Crippen LogP contribution in [-0.2, 0) is 14.3 Å². The zero-order chi connectivity index (χ0) is 12.0. The summed E-state index contributed by atoms with van der Waals surface area (Å²) in [5.41, 5.74) is 0. The predicted molar refractivity (Wildman–Crippen MR) is 59.3 cm³/mol. The first-order valence-electron chi connectivity index (χ1n) is 5.68. The number of piperidine rings is 1. The number of nitrogens with one attached hydrogen (secondary N) is 2. The lowest BCUT2D eigenvalue weighted by Gasteiger charge is -2.21. The normalized spacial score (nSPS) is 22.2. The molecule has 0 aromatic heterocycles. The highest BCUT2D eigenvalue weighted by Crippen LogP contribution is 2.10. The second-order valence-corrected chi connectivity index (χ2v) is 3.92. The van der Waals surface area contributed by atoms with Crippen LogP contribution in [0.15, 0.2) is 0 Å². The van der Waals surface area contributed by atoms with Crippen molar-refractivity contribution in [3.05, 3.63) is 0 Å². The Morgan fingerprint density at radius 1 is 1.56 bits per heavy atom. The third-order valence-corrected chi connectivity index (χ3v) is 2.74. The first-order chi connectivity index (χ1) is 7.69. The molecule has 2 atom stereocenters. The molecule has 0 amide bonds. The van der Waals surface area contributed by atoms with Gasteiger partial charge >= 0.3 is 11.9 Å². The maximum Gasteiger partial charge on any atom is 0.330 e. The predicted octanol–water partition coefficient (Wildman–Crippen LogP) is 0.874. The van der Waals surface area contributed by atoms with Crippen molar-refractivity contribution in [1.29, 1.82) is 5.41 Å². The average molecular weight is 226 g/mol. The van der Waals surface area contributed by atoms with Gasteiger partial charge in [-0.05, 0) is 25.8 Å². The van der Waals surface area contributed by atoms with E-state index < -0.39 is 17.9 Å². The van der Waals surface area contributed by atoms with Crippen LogP contribution >= 0.6 is 0 Å². The van der Waals surface area contributed by atoms with Crippen molar-refractivity contribution < 1.29 is 14.3 Å². The van der Waals surface area contributed by atoms with Crippen molar-refractivity contribution >= 4 is 18.2 Å². The van der Waals surface area contributed by atoms with E-state index in [0.29, 0.717) is 12.8 Å². The Morgan fingerprint density at radius 2 is 2.31 bits per heavy atom. The summed E-state index contributed by atoms with van der Waals surface area (Å²) in [6.07, 6.45) is 4.24. The number of carbonyl (C=O) groups is 2. The zero-order valence-corrected chi connectivity index (χ0v) is 9.49. The molecule has 16 heavy (non-hydrogen) atoms. The van der Waals surface area contributed by atoms with Crippen LogP contribution in [0.1, 0.15) is 32.6 Å². The minimum Gasteiger partial charge on any atom is -0.391 e. The van der Waals surface area contributed by atoms with Gasteiger partial charge in [0.25, 0.3) is 0 Å². The van der Waals surface area contributed by atoms with E-state index in [9.17, 15) is 9.59 Å². The third-order valence-electron chi connectivity index (χ3n) is 2.74. The van der Waals surface area contributed by atoms with Gasteiger partial charge in [0.15, 0.2) is 0 Å². The van der Waals surface area contributed by atoms with Gasteiger partial charge in [-0.1, -0.05) is 13.3 Å². The highest BCUT2D eigenvalue weighted by Gasteiger charge is 2.26. The molecule has 5 nitrogen and oxygen atoms in total. The van der Waals surface area contributed by atoms with Gasteiger partial charge in [0.1, 0.15) is 6.04 Å². The van der Waals surface area contributed by atoms with Crippen LogP contribution in [0.2, 0.25) is 0 Å². The molecule has 0 aliphatic carbocycles. The quantitative estimate of drug-likeness (QED) is 0.423. The molecular formula is C11H18N2O3. The van der Waals surface area contributed by atoms with Gasteiger partial charge in [0, 0.05) is 6.21 Å². The van der Waals surface area contributed by atoms with Crippen LogP contribution in [0.5, 0.6) is 0 Å². The summed E-state index contributed by atoms with van der Waals surface area (Å²) in [4.78, 5) is 23.0. The molecule has 1 fully saturated rings. The second-order valence-electron chi connectivity index (χ2n) is 3.92. The summed E-state index contributed by atoms with van der Waals surface area (Å²) in [6.45, 7) is 2.57. The van der Waals surface area contributed by atoms with Crippen molar-refractivity contribution in [3.63, 3.8) is 0 Å². The maximum absolute atomic E-state index is 11.6. The summed E-state index contributed by atoms with van der Waals surface area (Å²) < 4.78 is 4.74. The Hall–Kier alpha value is -1.23. The Bertz CT molecular complexity index is 272. The maximum atomic E-state index is 11.6. The second kappa shape index (κ2) is 6.37. The Labute approximate surface area is 95.1 Å². The molecular weight excluding hydrogens is 208 g/mol. The van der Waals surface area contributed by atoms with E-state index in [-0.39, 0.29) is 6.04 Å². The van der Waals surface area contributed by atoms with Gasteiger partial charge in [0.05, 0.1) is 5.92 Å². The first-order valence-corrected chi connectivity index (χ1v) is 5.68. The molecule has 2 N–H and O–H groups in total. The molecule has 1 saturated heterocycles. The van der Waals surface area contributed by atoms with Gasteiger partial charge in [-0.15, -0.1) is 0 Å². The Morgan fingerprint density at radius 3 is 2.81 bits per heavy atom. The number of hydrogen-bond acceptors (Lipinski definition) is 5. The van der Waals surface area contributed by atoms with Crippen molar-refractivity contribution in [2.24, 2.45) is 5.92 Å². The van der Waals surface area contributed by atoms with Crippen LogP contribution in [0.4, 0.5) is 0 Å².